The lowest BCUT2D eigenvalue weighted by Crippen LogP contribution is -2.36. The van der Waals surface area contributed by atoms with Crippen molar-refractivity contribution in [2.24, 2.45) is 0 Å². The van der Waals surface area contributed by atoms with Crippen LogP contribution in [0.2, 0.25) is 0 Å². The number of ether oxygens (including phenoxy) is 2. The molecule has 11 heteroatoms. The van der Waals surface area contributed by atoms with Crippen molar-refractivity contribution in [1.82, 2.24) is 15.2 Å². The monoisotopic (exact) mass is 445 g/mol. The Balaban J connectivity index is 1.86. The number of thiophene rings is 1. The van der Waals surface area contributed by atoms with Crippen LogP contribution in [-0.2, 0) is 10.9 Å². The summed E-state index contributed by atoms with van der Waals surface area (Å²) in [5.41, 5.74) is -1.58. The maximum Gasteiger partial charge on any atom is 0.418 e. The smallest absolute Gasteiger partial charge is 0.418 e. The third-order valence-electron chi connectivity index (χ3n) is 4.36. The second kappa shape index (κ2) is 7.93. The number of rotatable bonds is 3. The first-order valence-corrected chi connectivity index (χ1v) is 10.1. The number of aromatic nitrogens is 1. The minimum absolute atomic E-state index is 0.0512. The van der Waals surface area contributed by atoms with Crippen molar-refractivity contribution in [2.75, 3.05) is 20.1 Å². The zero-order chi connectivity index (χ0) is 22.3. The number of halogens is 3. The quantitative estimate of drug-likeness (QED) is 0.771. The molecule has 0 aromatic carbocycles. The zero-order valence-electron chi connectivity index (χ0n) is 16.9. The van der Waals surface area contributed by atoms with Crippen molar-refractivity contribution >= 4 is 33.6 Å². The van der Waals surface area contributed by atoms with Gasteiger partial charge in [-0.1, -0.05) is 0 Å². The second-order valence-corrected chi connectivity index (χ2v) is 8.75. The Bertz CT molecular complexity index is 968. The predicted octanol–water partition coefficient (Wildman–Crippen LogP) is 4.06. The average Bonchev–Trinajstić information content (AvgIpc) is 3.25. The number of nitrogens with zero attached hydrogens (tertiary/aromatic N) is 2. The summed E-state index contributed by atoms with van der Waals surface area (Å²) in [5, 5.41) is 3.74. The molecule has 7 nitrogen and oxygen atoms in total. The van der Waals surface area contributed by atoms with Gasteiger partial charge in [0.2, 0.25) is 5.88 Å². The normalized spacial score (nSPS) is 17.3. The van der Waals surface area contributed by atoms with Crippen LogP contribution in [0, 0.1) is 0 Å². The summed E-state index contributed by atoms with van der Waals surface area (Å²) in [7, 11) is 1.39. The number of likely N-dealkylation sites (tertiary alicyclic amines) is 1. The Hall–Kier alpha value is -2.56. The number of carbonyl (C=O) groups is 2. The van der Waals surface area contributed by atoms with E-state index in [-0.39, 0.29) is 28.2 Å². The first-order chi connectivity index (χ1) is 13.9. The fourth-order valence-electron chi connectivity index (χ4n) is 3.04. The molecule has 0 unspecified atom stereocenters. The number of alkyl halides is 3. The van der Waals surface area contributed by atoms with Crippen LogP contribution < -0.4 is 10.1 Å². The van der Waals surface area contributed by atoms with Crippen molar-refractivity contribution in [3.8, 4) is 5.88 Å². The van der Waals surface area contributed by atoms with Crippen LogP contribution in [-0.4, -0.2) is 53.7 Å². The first kappa shape index (κ1) is 22.1. The Morgan fingerprint density at radius 3 is 2.60 bits per heavy atom. The SMILES string of the molecule is CNC(=O)c1csc2c(C(F)(F)F)cc(O[C@@H]3CCN(C(=O)OC(C)(C)C)C3)nc12. The lowest BCUT2D eigenvalue weighted by atomic mass is 10.2. The van der Waals surface area contributed by atoms with E-state index in [9.17, 15) is 22.8 Å². The highest BCUT2D eigenvalue weighted by Gasteiger charge is 2.36. The molecule has 1 fully saturated rings. The molecular formula is C19H22F3N3O4S. The molecule has 2 aromatic heterocycles. The van der Waals surface area contributed by atoms with Gasteiger partial charge in [-0.3, -0.25) is 4.79 Å². The molecule has 164 valence electrons. The van der Waals surface area contributed by atoms with Crippen molar-refractivity contribution < 1.29 is 32.2 Å². The van der Waals surface area contributed by atoms with Crippen LogP contribution in [0.4, 0.5) is 18.0 Å². The molecule has 0 saturated carbocycles. The molecule has 1 aliphatic rings. The van der Waals surface area contributed by atoms with E-state index in [1.54, 1.807) is 20.8 Å². The molecule has 0 spiro atoms. The van der Waals surface area contributed by atoms with Crippen molar-refractivity contribution in [1.29, 1.82) is 0 Å². The predicted molar refractivity (Wildman–Crippen MR) is 105 cm³/mol. The van der Waals surface area contributed by atoms with E-state index < -0.39 is 35.4 Å². The Kier molecular flexibility index (Phi) is 5.85. The molecule has 30 heavy (non-hydrogen) atoms. The van der Waals surface area contributed by atoms with Crippen LogP contribution in [0.3, 0.4) is 0 Å². The zero-order valence-corrected chi connectivity index (χ0v) is 17.7. The summed E-state index contributed by atoms with van der Waals surface area (Å²) in [6, 6.07) is 0.836. The third kappa shape index (κ3) is 4.77. The Morgan fingerprint density at radius 1 is 1.30 bits per heavy atom. The summed E-state index contributed by atoms with van der Waals surface area (Å²) >= 11 is 0.804. The van der Waals surface area contributed by atoms with Crippen LogP contribution in [0.1, 0.15) is 43.1 Å². The number of amides is 2. The molecule has 1 atom stereocenters. The number of fused-ring (bicyclic) bond motifs is 1. The van der Waals surface area contributed by atoms with Gasteiger partial charge in [-0.2, -0.15) is 13.2 Å². The van der Waals surface area contributed by atoms with E-state index in [4.69, 9.17) is 9.47 Å². The molecule has 3 rings (SSSR count). The van der Waals surface area contributed by atoms with Gasteiger partial charge < -0.3 is 19.7 Å². The lowest BCUT2D eigenvalue weighted by molar-refractivity contribution is -0.136. The number of pyridine rings is 1. The maximum absolute atomic E-state index is 13.6. The Labute approximate surface area is 175 Å². The molecular weight excluding hydrogens is 423 g/mol. The van der Waals surface area contributed by atoms with Crippen LogP contribution in [0.5, 0.6) is 5.88 Å². The van der Waals surface area contributed by atoms with E-state index in [0.29, 0.717) is 13.0 Å². The van der Waals surface area contributed by atoms with E-state index in [1.807, 2.05) is 0 Å². The summed E-state index contributed by atoms with van der Waals surface area (Å²) in [4.78, 5) is 29.8. The molecule has 3 heterocycles. The molecule has 1 N–H and O–H groups in total. The molecule has 0 radical (unpaired) electrons. The molecule has 2 amide bonds. The standard InChI is InChI=1S/C19H22F3N3O4S/c1-18(2,3)29-17(27)25-6-5-10(8-25)28-13-7-12(19(20,21)22)15-14(24-13)11(9-30-15)16(26)23-4/h7,9-10H,5-6,8H2,1-4H3,(H,23,26)/t10-/m1/s1. The fourth-order valence-corrected chi connectivity index (χ4v) is 4.06. The van der Waals surface area contributed by atoms with Crippen molar-refractivity contribution in [3.05, 3.63) is 22.6 Å². The molecule has 0 bridgehead atoms. The van der Waals surface area contributed by atoms with Gasteiger partial charge in [-0.15, -0.1) is 11.3 Å². The summed E-state index contributed by atoms with van der Waals surface area (Å²) < 4.78 is 51.6. The van der Waals surface area contributed by atoms with Gasteiger partial charge in [0.25, 0.3) is 5.91 Å². The molecule has 1 saturated heterocycles. The van der Waals surface area contributed by atoms with Gasteiger partial charge in [-0.25, -0.2) is 9.78 Å². The van der Waals surface area contributed by atoms with E-state index >= 15 is 0 Å². The van der Waals surface area contributed by atoms with Gasteiger partial charge in [0, 0.05) is 31.5 Å². The van der Waals surface area contributed by atoms with Gasteiger partial charge >= 0.3 is 12.3 Å². The van der Waals surface area contributed by atoms with Gasteiger partial charge in [0.15, 0.2) is 0 Å². The van der Waals surface area contributed by atoms with Crippen LogP contribution >= 0.6 is 11.3 Å². The molecule has 1 aliphatic heterocycles. The topological polar surface area (TPSA) is 80.8 Å². The highest BCUT2D eigenvalue weighted by molar-refractivity contribution is 7.17. The van der Waals surface area contributed by atoms with Gasteiger partial charge in [0.1, 0.15) is 11.7 Å². The summed E-state index contributed by atoms with van der Waals surface area (Å²) in [6.07, 6.45) is -5.26. The van der Waals surface area contributed by atoms with E-state index in [0.717, 1.165) is 17.4 Å². The first-order valence-electron chi connectivity index (χ1n) is 9.25. The second-order valence-electron chi connectivity index (χ2n) is 7.87. The maximum atomic E-state index is 13.6. The third-order valence-corrected chi connectivity index (χ3v) is 5.36. The number of carbonyl (C=O) groups excluding carboxylic acids is 2. The number of hydrogen-bond donors (Lipinski definition) is 1. The van der Waals surface area contributed by atoms with Crippen LogP contribution in [0.25, 0.3) is 10.2 Å². The molecule has 0 aliphatic carbocycles. The minimum atomic E-state index is -4.64. The van der Waals surface area contributed by atoms with Gasteiger partial charge in [-0.05, 0) is 20.8 Å². The van der Waals surface area contributed by atoms with E-state index in [2.05, 4.69) is 10.3 Å². The highest BCUT2D eigenvalue weighted by atomic mass is 32.1. The lowest BCUT2D eigenvalue weighted by Gasteiger charge is -2.24. The summed E-state index contributed by atoms with van der Waals surface area (Å²) in [5.74, 6) is -0.773. The number of hydrogen-bond acceptors (Lipinski definition) is 6. The van der Waals surface area contributed by atoms with Gasteiger partial charge in [0.05, 0.1) is 27.9 Å². The number of nitrogens with one attached hydrogen (secondary N) is 1. The fraction of sp³-hybridized carbons (Fsp3) is 0.526. The van der Waals surface area contributed by atoms with Crippen molar-refractivity contribution in [2.45, 2.75) is 45.1 Å². The van der Waals surface area contributed by atoms with Crippen LogP contribution in [0.15, 0.2) is 11.4 Å². The summed E-state index contributed by atoms with van der Waals surface area (Å²) in [6.45, 7) is 5.77. The molecule has 2 aromatic rings. The van der Waals surface area contributed by atoms with E-state index in [1.165, 1.54) is 17.3 Å². The highest BCUT2D eigenvalue weighted by Crippen LogP contribution is 2.40. The largest absolute Gasteiger partial charge is 0.472 e. The minimum Gasteiger partial charge on any atom is -0.472 e. The van der Waals surface area contributed by atoms with Crippen molar-refractivity contribution in [3.63, 3.8) is 0 Å². The average molecular weight is 445 g/mol. The Morgan fingerprint density at radius 2 is 2.00 bits per heavy atom.